The number of carbonyl (C=O) groups is 2. The second-order valence-electron chi connectivity index (χ2n) is 5.18. The second kappa shape index (κ2) is 6.91. The second-order valence-corrected chi connectivity index (χ2v) is 5.59. The van der Waals surface area contributed by atoms with E-state index in [1.807, 2.05) is 18.2 Å². The molecule has 0 radical (unpaired) electrons. The summed E-state index contributed by atoms with van der Waals surface area (Å²) in [7, 11) is 0. The molecule has 0 spiro atoms. The smallest absolute Gasteiger partial charge is 0.249 e. The molecule has 1 aromatic rings. The van der Waals surface area contributed by atoms with E-state index in [1.165, 1.54) is 0 Å². The highest BCUT2D eigenvalue weighted by Crippen LogP contribution is 2.29. The van der Waals surface area contributed by atoms with Crippen LogP contribution in [0.15, 0.2) is 18.2 Å². The zero-order valence-electron chi connectivity index (χ0n) is 12.3. The molecule has 1 unspecified atom stereocenters. The van der Waals surface area contributed by atoms with E-state index in [2.05, 4.69) is 17.6 Å². The fraction of sp³-hybridized carbons (Fsp3) is 0.467. The van der Waals surface area contributed by atoms with Gasteiger partial charge in [-0.2, -0.15) is 0 Å². The Balaban J connectivity index is 2.16. The van der Waals surface area contributed by atoms with Crippen molar-refractivity contribution in [2.45, 2.75) is 32.9 Å². The summed E-state index contributed by atoms with van der Waals surface area (Å²) in [5, 5.41) is 6.19. The van der Waals surface area contributed by atoms with Crippen molar-refractivity contribution in [3.05, 3.63) is 28.8 Å². The maximum atomic E-state index is 11.7. The zero-order valence-corrected chi connectivity index (χ0v) is 13.0. The van der Waals surface area contributed by atoms with Crippen molar-refractivity contribution in [2.24, 2.45) is 0 Å². The number of nitrogens with one attached hydrogen (secondary N) is 2. The van der Waals surface area contributed by atoms with Crippen LogP contribution >= 0.6 is 11.6 Å². The van der Waals surface area contributed by atoms with Crippen molar-refractivity contribution in [1.29, 1.82) is 0 Å². The number of amides is 2. The van der Waals surface area contributed by atoms with Gasteiger partial charge in [0.25, 0.3) is 0 Å². The summed E-state index contributed by atoms with van der Waals surface area (Å²) >= 11 is 6.32. The summed E-state index contributed by atoms with van der Waals surface area (Å²) in [6, 6.07) is 5.30. The highest BCUT2D eigenvalue weighted by atomic mass is 35.5. The number of piperazine rings is 1. The molecule has 1 aliphatic rings. The van der Waals surface area contributed by atoms with E-state index in [-0.39, 0.29) is 18.4 Å². The molecule has 21 heavy (non-hydrogen) atoms. The van der Waals surface area contributed by atoms with Gasteiger partial charge in [-0.15, -0.1) is 0 Å². The van der Waals surface area contributed by atoms with Crippen molar-refractivity contribution < 1.29 is 9.59 Å². The normalized spacial score (nSPS) is 18.8. The number of rotatable bonds is 5. The fourth-order valence-electron chi connectivity index (χ4n) is 2.31. The van der Waals surface area contributed by atoms with Crippen molar-refractivity contribution in [3.63, 3.8) is 0 Å². The molecule has 2 N–H and O–H groups in total. The average Bonchev–Trinajstić information content (AvgIpc) is 2.44. The molecule has 0 bridgehead atoms. The number of carbonyl (C=O) groups excluding carboxylic acids is 2. The largest absolute Gasteiger partial charge is 0.349 e. The Hall–Kier alpha value is -1.59. The summed E-state index contributed by atoms with van der Waals surface area (Å²) < 4.78 is 0. The van der Waals surface area contributed by atoms with Crippen molar-refractivity contribution in [3.8, 4) is 0 Å². The van der Waals surface area contributed by atoms with E-state index in [0.29, 0.717) is 10.7 Å². The van der Waals surface area contributed by atoms with Crippen LogP contribution in [0.25, 0.3) is 0 Å². The number of anilines is 1. The van der Waals surface area contributed by atoms with Crippen LogP contribution in [0.3, 0.4) is 0 Å². The van der Waals surface area contributed by atoms with Crippen LogP contribution in [0.5, 0.6) is 0 Å². The molecule has 1 atom stereocenters. The lowest BCUT2D eigenvalue weighted by molar-refractivity contribution is -0.132. The van der Waals surface area contributed by atoms with Crippen LogP contribution in [0.2, 0.25) is 5.02 Å². The SMILES string of the molecule is CCCNCc1ccc(N2CC(=O)NC(=O)C2C)c(Cl)c1. The number of halogens is 1. The molecule has 0 saturated carbocycles. The van der Waals surface area contributed by atoms with Gasteiger partial charge in [0.05, 0.1) is 17.3 Å². The molecule has 0 aromatic heterocycles. The lowest BCUT2D eigenvalue weighted by Crippen LogP contribution is -2.57. The van der Waals surface area contributed by atoms with Gasteiger partial charge < -0.3 is 10.2 Å². The Bertz CT molecular complexity index is 548. The van der Waals surface area contributed by atoms with Crippen LogP contribution < -0.4 is 15.5 Å². The zero-order chi connectivity index (χ0) is 15.4. The predicted octanol–water partition coefficient (Wildman–Crippen LogP) is 1.69. The molecule has 5 nitrogen and oxygen atoms in total. The third kappa shape index (κ3) is 3.74. The van der Waals surface area contributed by atoms with E-state index in [9.17, 15) is 9.59 Å². The van der Waals surface area contributed by atoms with Crippen molar-refractivity contribution in [1.82, 2.24) is 10.6 Å². The monoisotopic (exact) mass is 309 g/mol. The summed E-state index contributed by atoms with van der Waals surface area (Å²) in [5.74, 6) is -0.598. The Morgan fingerprint density at radius 2 is 2.19 bits per heavy atom. The Labute approximate surface area is 129 Å². The van der Waals surface area contributed by atoms with Gasteiger partial charge >= 0.3 is 0 Å². The third-order valence-corrected chi connectivity index (χ3v) is 3.80. The molecule has 1 aromatic carbocycles. The number of hydrogen-bond donors (Lipinski definition) is 2. The summed E-state index contributed by atoms with van der Waals surface area (Å²) in [6.07, 6.45) is 1.08. The molecular formula is C15H20ClN3O2. The number of hydrogen-bond acceptors (Lipinski definition) is 4. The summed E-state index contributed by atoms with van der Waals surface area (Å²) in [5.41, 5.74) is 1.80. The summed E-state index contributed by atoms with van der Waals surface area (Å²) in [4.78, 5) is 25.0. The maximum Gasteiger partial charge on any atom is 0.249 e. The molecule has 1 saturated heterocycles. The molecule has 1 heterocycles. The van der Waals surface area contributed by atoms with E-state index in [4.69, 9.17) is 11.6 Å². The van der Waals surface area contributed by atoms with E-state index in [1.54, 1.807) is 11.8 Å². The van der Waals surface area contributed by atoms with Crippen molar-refractivity contribution in [2.75, 3.05) is 18.0 Å². The highest BCUT2D eigenvalue weighted by molar-refractivity contribution is 6.33. The maximum absolute atomic E-state index is 11.7. The molecule has 1 aliphatic heterocycles. The number of nitrogens with zero attached hydrogens (tertiary/aromatic N) is 1. The van der Waals surface area contributed by atoms with E-state index in [0.717, 1.165) is 25.1 Å². The molecule has 2 rings (SSSR count). The molecule has 1 fully saturated rings. The van der Waals surface area contributed by atoms with Gasteiger partial charge in [-0.1, -0.05) is 24.6 Å². The third-order valence-electron chi connectivity index (χ3n) is 3.50. The standard InChI is InChI=1S/C15H20ClN3O2/c1-3-6-17-8-11-4-5-13(12(16)7-11)19-9-14(20)18-15(21)10(19)2/h4-5,7,10,17H,3,6,8-9H2,1-2H3,(H,18,20,21). The first-order chi connectivity index (χ1) is 10.0. The minimum atomic E-state index is -0.413. The molecule has 2 amide bonds. The Morgan fingerprint density at radius 3 is 2.86 bits per heavy atom. The minimum absolute atomic E-state index is 0.139. The minimum Gasteiger partial charge on any atom is -0.349 e. The number of imide groups is 1. The molecule has 6 heteroatoms. The summed E-state index contributed by atoms with van der Waals surface area (Å²) in [6.45, 7) is 5.72. The molecule has 114 valence electrons. The van der Waals surface area contributed by atoms with Crippen molar-refractivity contribution >= 4 is 29.1 Å². The predicted molar refractivity (Wildman–Crippen MR) is 83.4 cm³/mol. The van der Waals surface area contributed by atoms with Crippen LogP contribution in [-0.4, -0.2) is 30.9 Å². The van der Waals surface area contributed by atoms with E-state index < -0.39 is 6.04 Å². The lowest BCUT2D eigenvalue weighted by Gasteiger charge is -2.34. The van der Waals surface area contributed by atoms with Gasteiger partial charge in [-0.3, -0.25) is 14.9 Å². The van der Waals surface area contributed by atoms with Crippen LogP contribution in [0, 0.1) is 0 Å². The van der Waals surface area contributed by atoms with Gasteiger partial charge in [0.15, 0.2) is 0 Å². The highest BCUT2D eigenvalue weighted by Gasteiger charge is 2.31. The topological polar surface area (TPSA) is 61.4 Å². The number of benzene rings is 1. The Kier molecular flexibility index (Phi) is 5.20. The van der Waals surface area contributed by atoms with Gasteiger partial charge in [0, 0.05) is 6.54 Å². The van der Waals surface area contributed by atoms with E-state index >= 15 is 0 Å². The Morgan fingerprint density at radius 1 is 1.43 bits per heavy atom. The van der Waals surface area contributed by atoms with Crippen LogP contribution in [0.4, 0.5) is 5.69 Å². The van der Waals surface area contributed by atoms with Gasteiger partial charge in [-0.05, 0) is 37.6 Å². The van der Waals surface area contributed by atoms with Gasteiger partial charge in [0.2, 0.25) is 11.8 Å². The van der Waals surface area contributed by atoms with Gasteiger partial charge in [0.1, 0.15) is 6.04 Å². The first-order valence-corrected chi connectivity index (χ1v) is 7.50. The first-order valence-electron chi connectivity index (χ1n) is 7.12. The van der Waals surface area contributed by atoms with Crippen LogP contribution in [0.1, 0.15) is 25.8 Å². The van der Waals surface area contributed by atoms with Crippen LogP contribution in [-0.2, 0) is 16.1 Å². The average molecular weight is 310 g/mol. The molecular weight excluding hydrogens is 290 g/mol. The lowest BCUT2D eigenvalue weighted by atomic mass is 10.1. The quantitative estimate of drug-likeness (QED) is 0.642. The molecule has 0 aliphatic carbocycles. The first kappa shape index (κ1) is 15.8. The van der Waals surface area contributed by atoms with Gasteiger partial charge in [-0.25, -0.2) is 0 Å². The fourth-order valence-corrected chi connectivity index (χ4v) is 2.62.